The lowest BCUT2D eigenvalue weighted by Gasteiger charge is -2.39. The molecule has 5 rings (SSSR count). The molecule has 2 aliphatic rings. The Morgan fingerprint density at radius 1 is 1.09 bits per heavy atom. The number of hydrogen-bond acceptors (Lipinski definition) is 6. The van der Waals surface area contributed by atoms with Gasteiger partial charge in [-0.05, 0) is 45.3 Å². The van der Waals surface area contributed by atoms with Crippen molar-refractivity contribution in [3.8, 4) is 11.5 Å². The number of methoxy groups -OCH3 is 2. The van der Waals surface area contributed by atoms with Crippen LogP contribution in [0.5, 0.6) is 11.5 Å². The molecule has 0 aliphatic carbocycles. The lowest BCUT2D eigenvalue weighted by Crippen LogP contribution is -2.45. The van der Waals surface area contributed by atoms with Crippen LogP contribution in [0.1, 0.15) is 49.7 Å². The third-order valence-corrected chi connectivity index (χ3v) is 6.77. The molecule has 2 atom stereocenters. The van der Waals surface area contributed by atoms with Gasteiger partial charge in [0.15, 0.2) is 11.5 Å². The van der Waals surface area contributed by atoms with Crippen molar-refractivity contribution in [2.24, 2.45) is 4.99 Å². The Labute approximate surface area is 194 Å². The summed E-state index contributed by atoms with van der Waals surface area (Å²) < 4.78 is 11.0. The van der Waals surface area contributed by atoms with E-state index in [1.165, 1.54) is 11.1 Å². The molecule has 3 heterocycles. The maximum atomic E-state index is 5.48. The number of hydrogen-bond donors (Lipinski definition) is 2. The summed E-state index contributed by atoms with van der Waals surface area (Å²) in [6.07, 6.45) is 4.33. The fraction of sp³-hybridized carbons (Fsp3) is 0.385. The van der Waals surface area contributed by atoms with Crippen molar-refractivity contribution in [3.05, 3.63) is 65.2 Å². The van der Waals surface area contributed by atoms with Crippen molar-refractivity contribution in [2.75, 3.05) is 20.8 Å². The minimum absolute atomic E-state index is 0.00445. The highest BCUT2D eigenvalue weighted by Gasteiger charge is 2.42. The van der Waals surface area contributed by atoms with E-state index in [1.54, 1.807) is 14.2 Å². The molecule has 0 amide bonds. The molecule has 7 heteroatoms. The minimum Gasteiger partial charge on any atom is -0.493 e. The summed E-state index contributed by atoms with van der Waals surface area (Å²) in [6, 6.07) is 12.5. The van der Waals surface area contributed by atoms with Crippen molar-refractivity contribution in [1.82, 2.24) is 20.2 Å². The lowest BCUT2D eigenvalue weighted by atomic mass is 9.97. The topological polar surface area (TPSA) is 74.8 Å². The number of aromatic nitrogens is 2. The molecule has 0 bridgehead atoms. The summed E-state index contributed by atoms with van der Waals surface area (Å²) in [7, 11) is 3.30. The van der Waals surface area contributed by atoms with E-state index in [0.717, 1.165) is 47.9 Å². The van der Waals surface area contributed by atoms with E-state index in [0.29, 0.717) is 11.5 Å². The molecule has 2 aromatic carbocycles. The monoisotopic (exact) mass is 445 g/mol. The normalized spacial score (nSPS) is 22.7. The second kappa shape index (κ2) is 8.14. The molecule has 0 radical (unpaired) electrons. The van der Waals surface area contributed by atoms with Crippen LogP contribution in [-0.2, 0) is 5.54 Å². The molecule has 1 aromatic heterocycles. The number of aryl methyl sites for hydroxylation is 1. The highest BCUT2D eigenvalue weighted by atomic mass is 16.5. The van der Waals surface area contributed by atoms with Crippen molar-refractivity contribution >= 4 is 16.9 Å². The zero-order valence-corrected chi connectivity index (χ0v) is 19.9. The van der Waals surface area contributed by atoms with Crippen molar-refractivity contribution in [2.45, 2.75) is 45.2 Å². The van der Waals surface area contributed by atoms with Gasteiger partial charge in [0.25, 0.3) is 0 Å². The number of likely N-dealkylation sites (tertiary alicyclic amines) is 1. The number of aromatic amines is 1. The number of H-pyrrole nitrogens is 1. The van der Waals surface area contributed by atoms with Crippen LogP contribution >= 0.6 is 0 Å². The van der Waals surface area contributed by atoms with Crippen LogP contribution in [0.2, 0.25) is 0 Å². The predicted octanol–water partition coefficient (Wildman–Crippen LogP) is 4.80. The number of nitrogens with one attached hydrogen (secondary N) is 2. The molecular formula is C26H31N5O2. The Kier molecular flexibility index (Phi) is 5.27. The van der Waals surface area contributed by atoms with Crippen LogP contribution in [-0.4, -0.2) is 41.5 Å². The third kappa shape index (κ3) is 3.71. The summed E-state index contributed by atoms with van der Waals surface area (Å²) in [5.41, 5.74) is 3.99. The Morgan fingerprint density at radius 3 is 2.64 bits per heavy atom. The van der Waals surface area contributed by atoms with E-state index in [4.69, 9.17) is 19.5 Å². The van der Waals surface area contributed by atoms with Gasteiger partial charge in [-0.1, -0.05) is 29.8 Å². The fourth-order valence-electron chi connectivity index (χ4n) is 5.02. The zero-order valence-electron chi connectivity index (χ0n) is 19.9. The second-order valence-electron chi connectivity index (χ2n) is 9.09. The average molecular weight is 446 g/mol. The first-order chi connectivity index (χ1) is 15.9. The van der Waals surface area contributed by atoms with Gasteiger partial charge >= 0.3 is 0 Å². The molecular weight excluding hydrogens is 414 g/mol. The number of aliphatic imine (C=N–C) groups is 1. The first-order valence-corrected chi connectivity index (χ1v) is 11.4. The van der Waals surface area contributed by atoms with E-state index < -0.39 is 0 Å². The highest BCUT2D eigenvalue weighted by Crippen LogP contribution is 2.42. The number of benzene rings is 2. The van der Waals surface area contributed by atoms with Gasteiger partial charge in [-0.25, -0.2) is 4.98 Å². The molecule has 3 aromatic rings. The number of ether oxygens (including phenoxy) is 2. The van der Waals surface area contributed by atoms with Gasteiger partial charge in [-0.2, -0.15) is 0 Å². The average Bonchev–Trinajstić information content (AvgIpc) is 3.41. The predicted molar refractivity (Wildman–Crippen MR) is 131 cm³/mol. The van der Waals surface area contributed by atoms with Gasteiger partial charge in [-0.3, -0.25) is 4.99 Å². The van der Waals surface area contributed by atoms with Crippen molar-refractivity contribution < 1.29 is 9.47 Å². The zero-order chi connectivity index (χ0) is 23.2. The SMILES string of the molecule is COc1cc2nc([C@]3(C)CCCN3C3=CC(c4cccc(C)c4)N=C(C)N3)[nH]c2cc1OC. The maximum absolute atomic E-state index is 5.48. The summed E-state index contributed by atoms with van der Waals surface area (Å²) in [5.74, 6) is 4.33. The highest BCUT2D eigenvalue weighted by molar-refractivity contribution is 5.83. The second-order valence-corrected chi connectivity index (χ2v) is 9.09. The number of amidine groups is 1. The van der Waals surface area contributed by atoms with Crippen LogP contribution in [0.4, 0.5) is 0 Å². The van der Waals surface area contributed by atoms with Crippen LogP contribution < -0.4 is 14.8 Å². The Morgan fingerprint density at radius 2 is 1.88 bits per heavy atom. The smallest absolute Gasteiger partial charge is 0.163 e. The Bertz CT molecular complexity index is 1220. The van der Waals surface area contributed by atoms with Crippen LogP contribution in [0.15, 0.2) is 53.3 Å². The van der Waals surface area contributed by atoms with Gasteiger partial charge < -0.3 is 24.7 Å². The first kappa shape index (κ1) is 21.4. The van der Waals surface area contributed by atoms with Crippen molar-refractivity contribution in [1.29, 1.82) is 0 Å². The molecule has 2 N–H and O–H groups in total. The van der Waals surface area contributed by atoms with Gasteiger partial charge in [0, 0.05) is 18.7 Å². The van der Waals surface area contributed by atoms with Crippen LogP contribution in [0.25, 0.3) is 11.0 Å². The fourth-order valence-corrected chi connectivity index (χ4v) is 5.02. The number of fused-ring (bicyclic) bond motifs is 1. The lowest BCUT2D eigenvalue weighted by molar-refractivity contribution is 0.186. The standard InChI is InChI=1S/C26H31N5O2/c1-16-8-6-9-18(12-16)19-15-24(28-17(2)27-19)31-11-7-10-26(31,3)25-29-20-13-22(32-4)23(33-5)14-21(20)30-25/h6,8-9,12-15,19H,7,10-11H2,1-5H3,(H,27,28)(H,29,30)/t19?,26-/m0/s1. The number of rotatable bonds is 5. The van der Waals surface area contributed by atoms with Crippen LogP contribution in [0, 0.1) is 6.92 Å². The van der Waals surface area contributed by atoms with E-state index in [2.05, 4.69) is 59.4 Å². The summed E-state index contributed by atoms with van der Waals surface area (Å²) in [6.45, 7) is 7.36. The molecule has 1 unspecified atom stereocenters. The van der Waals surface area contributed by atoms with Crippen molar-refractivity contribution in [3.63, 3.8) is 0 Å². The first-order valence-electron chi connectivity index (χ1n) is 11.4. The van der Waals surface area contributed by atoms with E-state index in [9.17, 15) is 0 Å². The number of nitrogens with zero attached hydrogens (tertiary/aromatic N) is 3. The summed E-state index contributed by atoms with van der Waals surface area (Å²) in [4.78, 5) is 15.8. The van der Waals surface area contributed by atoms with E-state index >= 15 is 0 Å². The quantitative estimate of drug-likeness (QED) is 0.590. The van der Waals surface area contributed by atoms with Gasteiger partial charge in [0.05, 0.1) is 42.7 Å². The van der Waals surface area contributed by atoms with Gasteiger partial charge in [-0.15, -0.1) is 0 Å². The molecule has 172 valence electrons. The maximum Gasteiger partial charge on any atom is 0.163 e. The molecule has 1 fully saturated rings. The number of imidazole rings is 1. The van der Waals surface area contributed by atoms with E-state index in [-0.39, 0.29) is 11.6 Å². The Balaban J connectivity index is 1.53. The van der Waals surface area contributed by atoms with Crippen LogP contribution in [0.3, 0.4) is 0 Å². The van der Waals surface area contributed by atoms with Gasteiger partial charge in [0.2, 0.25) is 0 Å². The molecule has 2 aliphatic heterocycles. The minimum atomic E-state index is -0.271. The van der Waals surface area contributed by atoms with E-state index in [1.807, 2.05) is 19.1 Å². The Hall–Kier alpha value is -3.48. The molecule has 0 spiro atoms. The third-order valence-electron chi connectivity index (χ3n) is 6.77. The van der Waals surface area contributed by atoms with Gasteiger partial charge in [0.1, 0.15) is 11.6 Å². The summed E-state index contributed by atoms with van der Waals surface area (Å²) in [5, 5.41) is 3.52. The largest absolute Gasteiger partial charge is 0.493 e. The molecule has 33 heavy (non-hydrogen) atoms. The molecule has 7 nitrogen and oxygen atoms in total. The molecule has 1 saturated heterocycles. The summed E-state index contributed by atoms with van der Waals surface area (Å²) >= 11 is 0. The molecule has 0 saturated carbocycles.